The number of nitrogens with zero attached hydrogens (tertiary/aromatic N) is 1. The van der Waals surface area contributed by atoms with Crippen LogP contribution in [0.4, 0.5) is 0 Å². The van der Waals surface area contributed by atoms with Crippen molar-refractivity contribution >= 4 is 5.78 Å². The lowest BCUT2D eigenvalue weighted by Crippen LogP contribution is -2.36. The molecule has 1 aliphatic heterocycles. The minimum absolute atomic E-state index is 0.0000128. The van der Waals surface area contributed by atoms with Crippen molar-refractivity contribution in [3.8, 4) is 0 Å². The minimum atomic E-state index is 0.0000128. The fourth-order valence-corrected chi connectivity index (χ4v) is 2.41. The van der Waals surface area contributed by atoms with E-state index in [0.29, 0.717) is 12.3 Å². The maximum absolute atomic E-state index is 12.3. The molecule has 0 unspecified atom stereocenters. The largest absolute Gasteiger partial charge is 0.377 e. The summed E-state index contributed by atoms with van der Waals surface area (Å²) in [6, 6.07) is 0. The van der Waals surface area contributed by atoms with Crippen molar-refractivity contribution in [1.82, 2.24) is 4.90 Å². The lowest BCUT2D eigenvalue weighted by molar-refractivity contribution is -0.116. The molecule has 0 spiro atoms. The molecule has 0 radical (unpaired) electrons. The van der Waals surface area contributed by atoms with Crippen LogP contribution in [0.15, 0.2) is 23.9 Å². The van der Waals surface area contributed by atoms with Crippen molar-refractivity contribution in [2.75, 3.05) is 13.1 Å². The molecule has 0 saturated heterocycles. The first kappa shape index (κ1) is 15.0. The molecule has 0 amide bonds. The zero-order valence-electron chi connectivity index (χ0n) is 12.5. The molecule has 1 heterocycles. The highest BCUT2D eigenvalue weighted by Gasteiger charge is 2.32. The number of allylic oxidation sites excluding steroid dienone is 2. The zero-order valence-corrected chi connectivity index (χ0v) is 12.5. The summed E-state index contributed by atoms with van der Waals surface area (Å²) in [4.78, 5) is 14.6. The summed E-state index contributed by atoms with van der Waals surface area (Å²) < 4.78 is 0. The summed E-state index contributed by atoms with van der Waals surface area (Å²) in [5.41, 5.74) is 1.91. The average Bonchev–Trinajstić information content (AvgIpc) is 2.18. The number of carbonyl (C=O) groups excluding carboxylic acids is 1. The maximum atomic E-state index is 12.3. The lowest BCUT2D eigenvalue weighted by Gasteiger charge is -2.37. The van der Waals surface area contributed by atoms with Gasteiger partial charge in [-0.15, -0.1) is 0 Å². The van der Waals surface area contributed by atoms with Gasteiger partial charge in [0.2, 0.25) is 0 Å². The van der Waals surface area contributed by atoms with Crippen molar-refractivity contribution < 1.29 is 4.79 Å². The molecule has 0 aromatic carbocycles. The first-order chi connectivity index (χ1) is 8.22. The molecule has 0 aromatic heterocycles. The summed E-state index contributed by atoms with van der Waals surface area (Å²) in [6.45, 7) is 16.6. The van der Waals surface area contributed by atoms with Gasteiger partial charge < -0.3 is 4.90 Å². The Labute approximate surface area is 112 Å². The third-order valence-corrected chi connectivity index (χ3v) is 3.43. The van der Waals surface area contributed by atoms with E-state index in [1.165, 1.54) is 0 Å². The first-order valence-corrected chi connectivity index (χ1v) is 6.86. The summed E-state index contributed by atoms with van der Waals surface area (Å²) in [7, 11) is 0. The van der Waals surface area contributed by atoms with E-state index in [9.17, 15) is 4.79 Å². The fraction of sp³-hybridized carbons (Fsp3) is 0.688. The van der Waals surface area contributed by atoms with E-state index < -0.39 is 0 Å². The fourth-order valence-electron chi connectivity index (χ4n) is 2.41. The molecule has 2 nitrogen and oxygen atoms in total. The van der Waals surface area contributed by atoms with E-state index in [2.05, 4.69) is 45.4 Å². The van der Waals surface area contributed by atoms with E-state index in [1.807, 2.05) is 6.92 Å². The molecule has 0 bridgehead atoms. The van der Waals surface area contributed by atoms with Crippen LogP contribution < -0.4 is 0 Å². The molecule has 0 aliphatic carbocycles. The predicted molar refractivity (Wildman–Crippen MR) is 77.3 cm³/mol. The second-order valence-corrected chi connectivity index (χ2v) is 6.62. The van der Waals surface area contributed by atoms with Crippen molar-refractivity contribution in [3.63, 3.8) is 0 Å². The Balaban J connectivity index is 2.89. The smallest absolute Gasteiger partial charge is 0.164 e. The number of ketones is 1. The van der Waals surface area contributed by atoms with Gasteiger partial charge in [-0.25, -0.2) is 0 Å². The van der Waals surface area contributed by atoms with Crippen LogP contribution in [0.1, 0.15) is 47.5 Å². The van der Waals surface area contributed by atoms with Crippen molar-refractivity contribution in [2.24, 2.45) is 11.3 Å². The van der Waals surface area contributed by atoms with Crippen molar-refractivity contribution in [2.45, 2.75) is 47.5 Å². The maximum Gasteiger partial charge on any atom is 0.164 e. The van der Waals surface area contributed by atoms with Gasteiger partial charge in [0.1, 0.15) is 0 Å². The number of hydrogen-bond donors (Lipinski definition) is 0. The highest BCUT2D eigenvalue weighted by Crippen LogP contribution is 2.36. The SMILES string of the molecule is C=C(C)CC(=O)C1=CN(CC(C)C)CCC1(C)C. The highest BCUT2D eigenvalue weighted by molar-refractivity contribution is 5.97. The molecule has 0 aromatic rings. The van der Waals surface area contributed by atoms with E-state index in [4.69, 9.17) is 0 Å². The van der Waals surface area contributed by atoms with Crippen molar-refractivity contribution in [3.05, 3.63) is 23.9 Å². The standard InChI is InChI=1S/C16H27NO/c1-12(2)9-15(18)14-11-17(10-13(3)4)8-7-16(14,5)6/h11,13H,1,7-10H2,2-6H3. The van der Waals surface area contributed by atoms with Crippen molar-refractivity contribution in [1.29, 1.82) is 0 Å². The van der Waals surface area contributed by atoms with Gasteiger partial charge >= 0.3 is 0 Å². The molecular formula is C16H27NO. The summed E-state index contributed by atoms with van der Waals surface area (Å²) in [5, 5.41) is 0. The molecule has 0 N–H and O–H groups in total. The molecule has 0 saturated carbocycles. The Morgan fingerprint density at radius 2 is 2.11 bits per heavy atom. The van der Waals surface area contributed by atoms with E-state index >= 15 is 0 Å². The molecule has 0 atom stereocenters. The van der Waals surface area contributed by atoms with Crippen LogP contribution in [-0.4, -0.2) is 23.8 Å². The van der Waals surface area contributed by atoms with Gasteiger partial charge in [0, 0.05) is 31.3 Å². The molecule has 18 heavy (non-hydrogen) atoms. The summed E-state index contributed by atoms with van der Waals surface area (Å²) >= 11 is 0. The number of rotatable bonds is 5. The van der Waals surface area contributed by atoms with E-state index in [-0.39, 0.29) is 11.2 Å². The number of hydrogen-bond acceptors (Lipinski definition) is 2. The Hall–Kier alpha value is -1.05. The van der Waals surface area contributed by atoms with Crippen LogP contribution in [-0.2, 0) is 4.79 Å². The summed E-state index contributed by atoms with van der Waals surface area (Å²) in [6.07, 6.45) is 3.62. The Morgan fingerprint density at radius 1 is 1.50 bits per heavy atom. The normalized spacial score (nSPS) is 18.8. The van der Waals surface area contributed by atoms with Gasteiger partial charge in [-0.3, -0.25) is 4.79 Å². The third-order valence-electron chi connectivity index (χ3n) is 3.43. The molecule has 1 rings (SSSR count). The lowest BCUT2D eigenvalue weighted by atomic mass is 9.76. The molecule has 102 valence electrons. The van der Waals surface area contributed by atoms with Gasteiger partial charge in [0.05, 0.1) is 0 Å². The molecule has 2 heteroatoms. The average molecular weight is 249 g/mol. The minimum Gasteiger partial charge on any atom is -0.377 e. The van der Waals surface area contributed by atoms with Gasteiger partial charge in [-0.2, -0.15) is 0 Å². The monoisotopic (exact) mass is 249 g/mol. The molecular weight excluding hydrogens is 222 g/mol. The topological polar surface area (TPSA) is 20.3 Å². The van der Waals surface area contributed by atoms with Crippen LogP contribution in [0, 0.1) is 11.3 Å². The van der Waals surface area contributed by atoms with Gasteiger partial charge in [0.15, 0.2) is 5.78 Å². The van der Waals surface area contributed by atoms with Crippen LogP contribution in [0.25, 0.3) is 0 Å². The third kappa shape index (κ3) is 4.01. The number of Topliss-reactive ketones (excluding diaryl/α,β-unsaturated/α-hetero) is 1. The van der Waals surface area contributed by atoms with E-state index in [1.54, 1.807) is 0 Å². The predicted octanol–water partition coefficient (Wildman–Crippen LogP) is 3.79. The number of carbonyl (C=O) groups is 1. The van der Waals surface area contributed by atoms with Gasteiger partial charge in [-0.05, 0) is 24.7 Å². The second kappa shape index (κ2) is 5.73. The molecule has 1 aliphatic rings. The summed E-state index contributed by atoms with van der Waals surface area (Å²) in [5.74, 6) is 0.862. The van der Waals surface area contributed by atoms with Crippen LogP contribution in [0.3, 0.4) is 0 Å². The van der Waals surface area contributed by atoms with Gasteiger partial charge in [0.25, 0.3) is 0 Å². The Bertz CT molecular complexity index is 363. The Kier molecular flexibility index (Phi) is 4.78. The van der Waals surface area contributed by atoms with Gasteiger partial charge in [-0.1, -0.05) is 39.8 Å². The Morgan fingerprint density at radius 3 is 2.61 bits per heavy atom. The quantitative estimate of drug-likeness (QED) is 0.691. The highest BCUT2D eigenvalue weighted by atomic mass is 16.1. The van der Waals surface area contributed by atoms with Crippen LogP contribution in [0.2, 0.25) is 0 Å². The zero-order chi connectivity index (χ0) is 13.9. The van der Waals surface area contributed by atoms with E-state index in [0.717, 1.165) is 30.7 Å². The van der Waals surface area contributed by atoms with Crippen LogP contribution >= 0.6 is 0 Å². The second-order valence-electron chi connectivity index (χ2n) is 6.62. The molecule has 0 fully saturated rings. The first-order valence-electron chi connectivity index (χ1n) is 6.86. The van der Waals surface area contributed by atoms with Crippen LogP contribution in [0.5, 0.6) is 0 Å².